The third-order valence-corrected chi connectivity index (χ3v) is 3.43. The topological polar surface area (TPSA) is 41.6 Å². The molecule has 18 heavy (non-hydrogen) atoms. The zero-order valence-corrected chi connectivity index (χ0v) is 11.2. The van der Waals surface area contributed by atoms with E-state index in [1.807, 2.05) is 20.0 Å². The van der Waals surface area contributed by atoms with E-state index in [0.29, 0.717) is 13.0 Å². The zero-order chi connectivity index (χ0) is 13.1. The number of methoxy groups -OCH3 is 1. The highest BCUT2D eigenvalue weighted by Gasteiger charge is 2.21. The summed E-state index contributed by atoms with van der Waals surface area (Å²) in [4.78, 5) is 13.4. The molecule has 0 aromatic heterocycles. The molecule has 1 N–H and O–H groups in total. The first kappa shape index (κ1) is 12.9. The molecule has 4 nitrogen and oxygen atoms in total. The highest BCUT2D eigenvalue weighted by atomic mass is 16.5. The van der Waals surface area contributed by atoms with Crippen LogP contribution in [0, 0.1) is 6.92 Å². The molecule has 4 heteroatoms. The number of carbonyl (C=O) groups is 1. The second-order valence-corrected chi connectivity index (χ2v) is 4.76. The summed E-state index contributed by atoms with van der Waals surface area (Å²) in [6, 6.07) is 6.37. The second-order valence-electron chi connectivity index (χ2n) is 4.76. The molecule has 0 radical (unpaired) electrons. The number of nitrogens with zero attached hydrogens (tertiary/aromatic N) is 1. The average Bonchev–Trinajstić information content (AvgIpc) is 2.52. The lowest BCUT2D eigenvalue weighted by Crippen LogP contribution is -2.31. The highest BCUT2D eigenvalue weighted by molar-refractivity contribution is 5.76. The number of benzene rings is 1. The van der Waals surface area contributed by atoms with Crippen LogP contribution in [0.15, 0.2) is 18.2 Å². The van der Waals surface area contributed by atoms with Crippen LogP contribution in [0.4, 0.5) is 0 Å². The van der Waals surface area contributed by atoms with E-state index in [4.69, 9.17) is 4.74 Å². The fourth-order valence-corrected chi connectivity index (χ4v) is 2.33. The van der Waals surface area contributed by atoms with Gasteiger partial charge in [-0.2, -0.15) is 0 Å². The molecule has 2 rings (SSSR count). The van der Waals surface area contributed by atoms with Crippen molar-refractivity contribution in [2.45, 2.75) is 19.4 Å². The maximum atomic E-state index is 11.6. The van der Waals surface area contributed by atoms with Crippen LogP contribution < -0.4 is 10.1 Å². The molecule has 98 valence electrons. The number of ether oxygens (including phenoxy) is 1. The van der Waals surface area contributed by atoms with Crippen molar-refractivity contribution in [3.05, 3.63) is 29.3 Å². The summed E-state index contributed by atoms with van der Waals surface area (Å²) in [7, 11) is 3.54. The molecule has 1 unspecified atom stereocenters. The fourth-order valence-electron chi connectivity index (χ4n) is 2.33. The smallest absolute Gasteiger partial charge is 0.223 e. The molecule has 1 atom stereocenters. The SMILES string of the molecule is COc1ccc(C2CN(C)C(=O)CCN2)cc1C. The Bertz CT molecular complexity index is 445. The first-order chi connectivity index (χ1) is 8.61. The maximum Gasteiger partial charge on any atom is 0.223 e. The predicted octanol–water partition coefficient (Wildman–Crippen LogP) is 1.50. The van der Waals surface area contributed by atoms with Gasteiger partial charge in [0, 0.05) is 32.6 Å². The predicted molar refractivity (Wildman–Crippen MR) is 70.7 cm³/mol. The monoisotopic (exact) mass is 248 g/mol. The van der Waals surface area contributed by atoms with Crippen molar-refractivity contribution in [1.29, 1.82) is 0 Å². The molecule has 0 spiro atoms. The molecule has 0 bridgehead atoms. The molecular formula is C14H20N2O2. The van der Waals surface area contributed by atoms with Crippen molar-refractivity contribution >= 4 is 5.91 Å². The van der Waals surface area contributed by atoms with Crippen LogP contribution in [0.5, 0.6) is 5.75 Å². The van der Waals surface area contributed by atoms with Gasteiger partial charge in [0.1, 0.15) is 5.75 Å². The first-order valence-corrected chi connectivity index (χ1v) is 6.23. The Hall–Kier alpha value is -1.55. The van der Waals surface area contributed by atoms with Gasteiger partial charge in [-0.15, -0.1) is 0 Å². The number of likely N-dealkylation sites (N-methyl/N-ethyl adjacent to an activating group) is 1. The van der Waals surface area contributed by atoms with Gasteiger partial charge in [0.05, 0.1) is 7.11 Å². The van der Waals surface area contributed by atoms with Gasteiger partial charge < -0.3 is 15.0 Å². The largest absolute Gasteiger partial charge is 0.496 e. The van der Waals surface area contributed by atoms with Gasteiger partial charge in [0.15, 0.2) is 0 Å². The van der Waals surface area contributed by atoms with Crippen molar-refractivity contribution in [3.8, 4) is 5.75 Å². The fraction of sp³-hybridized carbons (Fsp3) is 0.500. The summed E-state index contributed by atoms with van der Waals surface area (Å²) < 4.78 is 5.27. The minimum atomic E-state index is 0.200. The Balaban J connectivity index is 2.20. The molecule has 1 saturated heterocycles. The van der Waals surface area contributed by atoms with E-state index >= 15 is 0 Å². The van der Waals surface area contributed by atoms with Crippen LogP contribution in [0.1, 0.15) is 23.6 Å². The van der Waals surface area contributed by atoms with E-state index in [1.54, 1.807) is 12.0 Å². The molecule has 0 aliphatic carbocycles. The van der Waals surface area contributed by atoms with Crippen LogP contribution in [-0.4, -0.2) is 38.1 Å². The van der Waals surface area contributed by atoms with Crippen LogP contribution in [-0.2, 0) is 4.79 Å². The van der Waals surface area contributed by atoms with Crippen LogP contribution in [0.25, 0.3) is 0 Å². The van der Waals surface area contributed by atoms with E-state index < -0.39 is 0 Å². The van der Waals surface area contributed by atoms with Crippen molar-refractivity contribution in [1.82, 2.24) is 10.2 Å². The second kappa shape index (κ2) is 5.40. The molecule has 1 amide bonds. The van der Waals surface area contributed by atoms with Crippen LogP contribution >= 0.6 is 0 Å². The van der Waals surface area contributed by atoms with E-state index in [9.17, 15) is 4.79 Å². The molecule has 1 aliphatic rings. The number of hydrogen-bond donors (Lipinski definition) is 1. The summed E-state index contributed by atoms with van der Waals surface area (Å²) in [6.07, 6.45) is 0.572. The Kier molecular flexibility index (Phi) is 3.87. The van der Waals surface area contributed by atoms with Gasteiger partial charge in [-0.25, -0.2) is 0 Å². The number of rotatable bonds is 2. The quantitative estimate of drug-likeness (QED) is 0.862. The van der Waals surface area contributed by atoms with Crippen molar-refractivity contribution in [2.24, 2.45) is 0 Å². The molecular weight excluding hydrogens is 228 g/mol. The summed E-state index contributed by atoms with van der Waals surface area (Å²) in [6.45, 7) is 3.48. The van der Waals surface area contributed by atoms with Gasteiger partial charge in [-0.3, -0.25) is 4.79 Å². The normalized spacial score (nSPS) is 20.7. The van der Waals surface area contributed by atoms with Crippen LogP contribution in [0.3, 0.4) is 0 Å². The van der Waals surface area contributed by atoms with Gasteiger partial charge in [-0.05, 0) is 24.1 Å². The van der Waals surface area contributed by atoms with Gasteiger partial charge in [0.25, 0.3) is 0 Å². The third-order valence-electron chi connectivity index (χ3n) is 3.43. The number of amides is 1. The van der Waals surface area contributed by atoms with E-state index in [1.165, 1.54) is 5.56 Å². The van der Waals surface area contributed by atoms with E-state index in [0.717, 1.165) is 17.9 Å². The van der Waals surface area contributed by atoms with Gasteiger partial charge in [0.2, 0.25) is 5.91 Å². The van der Waals surface area contributed by atoms with Crippen molar-refractivity contribution in [3.63, 3.8) is 0 Å². The standard InChI is InChI=1S/C14H20N2O2/c1-10-8-11(4-5-13(10)18-3)12-9-16(2)14(17)6-7-15-12/h4-5,8,12,15H,6-7,9H2,1-3H3. The average molecular weight is 248 g/mol. The summed E-state index contributed by atoms with van der Waals surface area (Å²) in [5, 5.41) is 3.42. The minimum absolute atomic E-state index is 0.200. The number of hydrogen-bond acceptors (Lipinski definition) is 3. The van der Waals surface area contributed by atoms with E-state index in [-0.39, 0.29) is 11.9 Å². The van der Waals surface area contributed by atoms with Gasteiger partial charge in [-0.1, -0.05) is 12.1 Å². The molecule has 0 saturated carbocycles. The minimum Gasteiger partial charge on any atom is -0.496 e. The van der Waals surface area contributed by atoms with Gasteiger partial charge >= 0.3 is 0 Å². The Morgan fingerprint density at radius 3 is 2.89 bits per heavy atom. The Morgan fingerprint density at radius 1 is 1.44 bits per heavy atom. The van der Waals surface area contributed by atoms with Crippen LogP contribution in [0.2, 0.25) is 0 Å². The maximum absolute atomic E-state index is 11.6. The molecule has 1 aromatic rings. The lowest BCUT2D eigenvalue weighted by molar-refractivity contribution is -0.129. The molecule has 1 aromatic carbocycles. The highest BCUT2D eigenvalue weighted by Crippen LogP contribution is 2.23. The number of nitrogens with one attached hydrogen (secondary N) is 1. The summed E-state index contributed by atoms with van der Waals surface area (Å²) in [5.41, 5.74) is 2.32. The summed E-state index contributed by atoms with van der Waals surface area (Å²) >= 11 is 0. The van der Waals surface area contributed by atoms with E-state index in [2.05, 4.69) is 17.4 Å². The lowest BCUT2D eigenvalue weighted by Gasteiger charge is -2.22. The first-order valence-electron chi connectivity index (χ1n) is 6.23. The van der Waals surface area contributed by atoms with Crippen molar-refractivity contribution < 1.29 is 9.53 Å². The molecule has 1 aliphatic heterocycles. The zero-order valence-electron chi connectivity index (χ0n) is 11.2. The molecule has 1 heterocycles. The molecule has 1 fully saturated rings. The third kappa shape index (κ3) is 2.64. The Labute approximate surface area is 108 Å². The lowest BCUT2D eigenvalue weighted by atomic mass is 10.0. The number of aryl methyl sites for hydroxylation is 1. The number of carbonyl (C=O) groups excluding carboxylic acids is 1. The summed E-state index contributed by atoms with van der Waals surface area (Å²) in [5.74, 6) is 1.10. The van der Waals surface area contributed by atoms with Crippen molar-refractivity contribution in [2.75, 3.05) is 27.2 Å². The Morgan fingerprint density at radius 2 is 2.22 bits per heavy atom.